The van der Waals surface area contributed by atoms with Gasteiger partial charge in [-0.1, -0.05) is 18.2 Å². The van der Waals surface area contributed by atoms with E-state index in [9.17, 15) is 4.79 Å². The molecule has 2 aromatic carbocycles. The number of anilines is 1. The summed E-state index contributed by atoms with van der Waals surface area (Å²) in [5.74, 6) is -0.409. The number of carbonyl (C=O) groups excluding carboxylic acids is 1. The van der Waals surface area contributed by atoms with Crippen LogP contribution in [0.1, 0.15) is 15.9 Å². The van der Waals surface area contributed by atoms with E-state index in [0.717, 1.165) is 20.2 Å². The van der Waals surface area contributed by atoms with Crippen molar-refractivity contribution >= 4 is 43.5 Å². The molecule has 1 amide bonds. The van der Waals surface area contributed by atoms with Crippen molar-refractivity contribution in [1.82, 2.24) is 0 Å². The number of benzene rings is 2. The van der Waals surface area contributed by atoms with Crippen LogP contribution in [-0.4, -0.2) is 5.91 Å². The summed E-state index contributed by atoms with van der Waals surface area (Å²) in [4.78, 5) is 11.0. The van der Waals surface area contributed by atoms with Gasteiger partial charge < -0.3 is 11.1 Å². The monoisotopic (exact) mass is 382 g/mol. The van der Waals surface area contributed by atoms with Crippen molar-refractivity contribution in [3.8, 4) is 0 Å². The molecule has 5 heteroatoms. The zero-order valence-electron chi connectivity index (χ0n) is 9.99. The van der Waals surface area contributed by atoms with E-state index in [1.807, 2.05) is 30.3 Å². The van der Waals surface area contributed by atoms with Gasteiger partial charge in [0.25, 0.3) is 0 Å². The molecule has 0 heterocycles. The van der Waals surface area contributed by atoms with Gasteiger partial charge in [0.05, 0.1) is 5.69 Å². The molecule has 0 aliphatic rings. The van der Waals surface area contributed by atoms with Crippen LogP contribution < -0.4 is 11.1 Å². The number of rotatable bonds is 4. The van der Waals surface area contributed by atoms with Crippen LogP contribution in [0.4, 0.5) is 5.69 Å². The first-order chi connectivity index (χ1) is 9.08. The summed E-state index contributed by atoms with van der Waals surface area (Å²) in [5, 5.41) is 3.34. The number of nitrogens with one attached hydrogen (secondary N) is 1. The topological polar surface area (TPSA) is 55.1 Å². The summed E-state index contributed by atoms with van der Waals surface area (Å²) in [6, 6.07) is 13.1. The van der Waals surface area contributed by atoms with E-state index < -0.39 is 5.91 Å². The number of para-hydroxylation sites is 1. The van der Waals surface area contributed by atoms with E-state index in [1.54, 1.807) is 12.1 Å². The van der Waals surface area contributed by atoms with Crippen molar-refractivity contribution in [2.45, 2.75) is 6.54 Å². The predicted octanol–water partition coefficient (Wildman–Crippen LogP) is 3.92. The highest BCUT2D eigenvalue weighted by Crippen LogP contribution is 2.30. The summed E-state index contributed by atoms with van der Waals surface area (Å²) in [6.07, 6.45) is 0. The van der Waals surface area contributed by atoms with Gasteiger partial charge in [0, 0.05) is 21.1 Å². The summed E-state index contributed by atoms with van der Waals surface area (Å²) in [7, 11) is 0. The molecule has 2 aromatic rings. The number of nitrogens with two attached hydrogens (primary N) is 1. The van der Waals surface area contributed by atoms with Crippen LogP contribution in [0.25, 0.3) is 0 Å². The molecular weight excluding hydrogens is 372 g/mol. The zero-order chi connectivity index (χ0) is 13.8. The molecule has 98 valence electrons. The normalized spacial score (nSPS) is 10.2. The molecule has 0 saturated carbocycles. The Morgan fingerprint density at radius 2 is 1.63 bits per heavy atom. The molecular formula is C14H12Br2N2O. The molecule has 3 N–H and O–H groups in total. The number of halogens is 2. The number of primary amides is 1. The molecule has 0 saturated heterocycles. The van der Waals surface area contributed by atoms with Crippen molar-refractivity contribution < 1.29 is 4.79 Å². The number of hydrogen-bond acceptors (Lipinski definition) is 2. The molecule has 0 unspecified atom stereocenters. The van der Waals surface area contributed by atoms with E-state index in [0.29, 0.717) is 12.1 Å². The average Bonchev–Trinajstić information content (AvgIpc) is 2.38. The van der Waals surface area contributed by atoms with Crippen LogP contribution >= 0.6 is 31.9 Å². The maximum absolute atomic E-state index is 11.0. The highest BCUT2D eigenvalue weighted by Gasteiger charge is 2.04. The summed E-state index contributed by atoms with van der Waals surface area (Å²) >= 11 is 7.00. The Balaban J connectivity index is 2.08. The maximum atomic E-state index is 11.0. The van der Waals surface area contributed by atoms with Gasteiger partial charge in [-0.05, 0) is 61.7 Å². The molecule has 2 rings (SSSR count). The molecule has 19 heavy (non-hydrogen) atoms. The zero-order valence-corrected chi connectivity index (χ0v) is 13.2. The second-order valence-electron chi connectivity index (χ2n) is 4.01. The van der Waals surface area contributed by atoms with Crippen molar-refractivity contribution in [2.24, 2.45) is 5.73 Å². The summed E-state index contributed by atoms with van der Waals surface area (Å²) in [6.45, 7) is 0.667. The second kappa shape index (κ2) is 6.21. The van der Waals surface area contributed by atoms with Crippen LogP contribution in [0.15, 0.2) is 51.4 Å². The first-order valence-electron chi connectivity index (χ1n) is 5.64. The summed E-state index contributed by atoms with van der Waals surface area (Å²) in [5.41, 5.74) is 7.80. The fourth-order valence-electron chi connectivity index (χ4n) is 1.64. The largest absolute Gasteiger partial charge is 0.379 e. The lowest BCUT2D eigenvalue weighted by Gasteiger charge is -2.11. The lowest BCUT2D eigenvalue weighted by molar-refractivity contribution is 0.100. The van der Waals surface area contributed by atoms with Crippen LogP contribution in [0.2, 0.25) is 0 Å². The van der Waals surface area contributed by atoms with Crippen LogP contribution in [0, 0.1) is 0 Å². The van der Waals surface area contributed by atoms with Gasteiger partial charge in [0.2, 0.25) is 5.91 Å². The van der Waals surface area contributed by atoms with Crippen LogP contribution in [0.5, 0.6) is 0 Å². The van der Waals surface area contributed by atoms with Gasteiger partial charge in [-0.3, -0.25) is 4.79 Å². The van der Waals surface area contributed by atoms with E-state index in [4.69, 9.17) is 5.73 Å². The van der Waals surface area contributed by atoms with Crippen molar-refractivity contribution in [2.75, 3.05) is 5.32 Å². The standard InChI is InChI=1S/C14H12Br2N2O/c15-11-2-1-3-12(16)13(11)18-8-9-4-6-10(7-5-9)14(17)19/h1-7,18H,8H2,(H2,17,19). The SMILES string of the molecule is NC(=O)c1ccc(CNc2c(Br)cccc2Br)cc1. The molecule has 0 spiro atoms. The van der Waals surface area contributed by atoms with E-state index in [-0.39, 0.29) is 0 Å². The van der Waals surface area contributed by atoms with E-state index >= 15 is 0 Å². The van der Waals surface area contributed by atoms with Gasteiger partial charge >= 0.3 is 0 Å². The Hall–Kier alpha value is -1.33. The number of amides is 1. The molecule has 0 radical (unpaired) electrons. The fraction of sp³-hybridized carbons (Fsp3) is 0.0714. The second-order valence-corrected chi connectivity index (χ2v) is 5.72. The molecule has 0 fully saturated rings. The van der Waals surface area contributed by atoms with Gasteiger partial charge in [0.1, 0.15) is 0 Å². The molecule has 0 atom stereocenters. The molecule has 3 nitrogen and oxygen atoms in total. The molecule has 0 aromatic heterocycles. The van der Waals surface area contributed by atoms with Crippen molar-refractivity contribution in [1.29, 1.82) is 0 Å². The van der Waals surface area contributed by atoms with Crippen LogP contribution in [-0.2, 0) is 6.54 Å². The van der Waals surface area contributed by atoms with E-state index in [2.05, 4.69) is 37.2 Å². The Morgan fingerprint density at radius 1 is 1.05 bits per heavy atom. The first-order valence-corrected chi connectivity index (χ1v) is 7.23. The minimum Gasteiger partial charge on any atom is -0.379 e. The lowest BCUT2D eigenvalue weighted by atomic mass is 10.1. The number of hydrogen-bond donors (Lipinski definition) is 2. The Kier molecular flexibility index (Phi) is 4.61. The highest BCUT2D eigenvalue weighted by molar-refractivity contribution is 9.11. The predicted molar refractivity (Wildman–Crippen MR) is 84.1 cm³/mol. The van der Waals surface area contributed by atoms with Gasteiger partial charge in [0.15, 0.2) is 0 Å². The smallest absolute Gasteiger partial charge is 0.248 e. The van der Waals surface area contributed by atoms with Crippen LogP contribution in [0.3, 0.4) is 0 Å². The third-order valence-electron chi connectivity index (χ3n) is 2.67. The average molecular weight is 384 g/mol. The Labute approximate surface area is 128 Å². The summed E-state index contributed by atoms with van der Waals surface area (Å²) < 4.78 is 1.99. The van der Waals surface area contributed by atoms with Gasteiger partial charge in [-0.2, -0.15) is 0 Å². The minimum atomic E-state index is -0.409. The maximum Gasteiger partial charge on any atom is 0.248 e. The van der Waals surface area contributed by atoms with E-state index in [1.165, 1.54) is 0 Å². The first kappa shape index (κ1) is 14.1. The van der Waals surface area contributed by atoms with Gasteiger partial charge in [-0.25, -0.2) is 0 Å². The lowest BCUT2D eigenvalue weighted by Crippen LogP contribution is -2.10. The quantitative estimate of drug-likeness (QED) is 0.840. The molecule has 0 bridgehead atoms. The Bertz CT molecular complexity index is 577. The number of carbonyl (C=O) groups is 1. The van der Waals surface area contributed by atoms with Crippen molar-refractivity contribution in [3.63, 3.8) is 0 Å². The third-order valence-corrected chi connectivity index (χ3v) is 3.99. The molecule has 0 aliphatic carbocycles. The highest BCUT2D eigenvalue weighted by atomic mass is 79.9. The van der Waals surface area contributed by atoms with Crippen molar-refractivity contribution in [3.05, 3.63) is 62.5 Å². The fourth-order valence-corrected chi connectivity index (χ4v) is 2.92. The van der Waals surface area contributed by atoms with Gasteiger partial charge in [-0.15, -0.1) is 0 Å². The third kappa shape index (κ3) is 3.58. The molecule has 0 aliphatic heterocycles. The Morgan fingerprint density at radius 3 is 2.16 bits per heavy atom. The minimum absolute atomic E-state index is 0.409.